The van der Waals surface area contributed by atoms with Gasteiger partial charge in [-0.3, -0.25) is 4.79 Å². The van der Waals surface area contributed by atoms with Gasteiger partial charge in [0.15, 0.2) is 0 Å². The van der Waals surface area contributed by atoms with Crippen LogP contribution in [0.2, 0.25) is 0 Å². The number of aryl methyl sites for hydroxylation is 2. The number of carbonyl (C=O) groups is 1. The van der Waals surface area contributed by atoms with E-state index in [1.54, 1.807) is 0 Å². The lowest BCUT2D eigenvalue weighted by Gasteiger charge is -2.37. The minimum absolute atomic E-state index is 0.170. The molecule has 4 rings (SSSR count). The Balaban J connectivity index is 2.10. The lowest BCUT2D eigenvalue weighted by Crippen LogP contribution is -2.34. The molecule has 3 aromatic carbocycles. The van der Waals surface area contributed by atoms with Crippen LogP contribution in [0.4, 0.5) is 0 Å². The van der Waals surface area contributed by atoms with Gasteiger partial charge in [-0.05, 0) is 40.7 Å². The fraction of sp³-hybridized carbons (Fsp3) is 0.208. The molecule has 0 aliphatic heterocycles. The van der Waals surface area contributed by atoms with Crippen molar-refractivity contribution in [2.75, 3.05) is 5.75 Å². The Bertz CT molecular complexity index is 882. The third-order valence-electron chi connectivity index (χ3n) is 5.52. The molecule has 2 heteroatoms. The Morgan fingerprint density at radius 1 is 0.769 bits per heavy atom. The van der Waals surface area contributed by atoms with Gasteiger partial charge < -0.3 is 0 Å². The lowest BCUT2D eigenvalue weighted by atomic mass is 9.65. The average Bonchev–Trinajstić information content (AvgIpc) is 2.85. The molecule has 1 aliphatic carbocycles. The van der Waals surface area contributed by atoms with Crippen LogP contribution in [0.25, 0.3) is 0 Å². The van der Waals surface area contributed by atoms with Crippen molar-refractivity contribution in [1.82, 2.24) is 0 Å². The lowest BCUT2D eigenvalue weighted by molar-refractivity contribution is -0.117. The maximum Gasteiger partial charge on any atom is 0.144 e. The van der Waals surface area contributed by atoms with E-state index in [0.29, 0.717) is 6.42 Å². The van der Waals surface area contributed by atoms with E-state index in [9.17, 15) is 4.79 Å². The van der Waals surface area contributed by atoms with Crippen LogP contribution < -0.4 is 0 Å². The molecule has 3 aromatic rings. The summed E-state index contributed by atoms with van der Waals surface area (Å²) < 4.78 is 0. The fourth-order valence-corrected chi connectivity index (χ4v) is 4.51. The number of thiol groups is 1. The number of hydrogen-bond donors (Lipinski definition) is 1. The first-order valence-corrected chi connectivity index (χ1v) is 9.74. The normalized spacial score (nSPS) is 14.8. The van der Waals surface area contributed by atoms with Crippen LogP contribution in [0.1, 0.15) is 34.2 Å². The number of fused-ring (bicyclic) bond motifs is 2. The summed E-state index contributed by atoms with van der Waals surface area (Å²) in [4.78, 5) is 12.7. The number of benzene rings is 3. The van der Waals surface area contributed by atoms with Crippen LogP contribution in [-0.4, -0.2) is 11.5 Å². The van der Waals surface area contributed by atoms with Gasteiger partial charge in [0.1, 0.15) is 5.78 Å². The number of rotatable bonds is 4. The van der Waals surface area contributed by atoms with E-state index in [4.69, 9.17) is 0 Å². The van der Waals surface area contributed by atoms with Crippen molar-refractivity contribution >= 4 is 18.4 Å². The summed E-state index contributed by atoms with van der Waals surface area (Å²) in [5.41, 5.74) is 5.90. The minimum Gasteiger partial charge on any atom is -0.299 e. The van der Waals surface area contributed by atoms with Crippen molar-refractivity contribution in [3.8, 4) is 0 Å². The van der Waals surface area contributed by atoms with E-state index >= 15 is 0 Å². The van der Waals surface area contributed by atoms with Crippen molar-refractivity contribution in [2.24, 2.45) is 0 Å². The van der Waals surface area contributed by atoms with Gasteiger partial charge in [0, 0.05) is 12.2 Å². The minimum atomic E-state index is -0.454. The number of Topliss-reactive ketones (excluding diaryl/α,β-unsaturated/α-hetero) is 1. The van der Waals surface area contributed by atoms with Gasteiger partial charge in [0.25, 0.3) is 0 Å². The zero-order chi connectivity index (χ0) is 18.0. The Kier molecular flexibility index (Phi) is 4.69. The first-order valence-electron chi connectivity index (χ1n) is 9.10. The monoisotopic (exact) mass is 358 g/mol. The molecular weight excluding hydrogens is 336 g/mol. The molecule has 0 atom stereocenters. The van der Waals surface area contributed by atoms with Gasteiger partial charge in [0.05, 0.1) is 5.41 Å². The van der Waals surface area contributed by atoms with E-state index in [2.05, 4.69) is 85.4 Å². The third-order valence-corrected chi connectivity index (χ3v) is 5.88. The van der Waals surface area contributed by atoms with Crippen LogP contribution in [-0.2, 0) is 23.1 Å². The van der Waals surface area contributed by atoms with E-state index in [1.165, 1.54) is 27.8 Å². The highest BCUT2D eigenvalue weighted by Crippen LogP contribution is 2.47. The van der Waals surface area contributed by atoms with Crippen LogP contribution in [0.3, 0.4) is 0 Å². The largest absolute Gasteiger partial charge is 0.299 e. The van der Waals surface area contributed by atoms with Crippen LogP contribution in [0.5, 0.6) is 0 Å². The predicted octanol–water partition coefficient (Wildman–Crippen LogP) is 5.01. The van der Waals surface area contributed by atoms with Gasteiger partial charge in [-0.1, -0.05) is 78.9 Å². The molecule has 0 fully saturated rings. The van der Waals surface area contributed by atoms with Crippen molar-refractivity contribution < 1.29 is 4.79 Å². The van der Waals surface area contributed by atoms with Gasteiger partial charge >= 0.3 is 0 Å². The van der Waals surface area contributed by atoms with E-state index in [-0.39, 0.29) is 11.5 Å². The van der Waals surface area contributed by atoms with E-state index in [0.717, 1.165) is 12.8 Å². The molecule has 1 nitrogen and oxygen atoms in total. The predicted molar refractivity (Wildman–Crippen MR) is 110 cm³/mol. The van der Waals surface area contributed by atoms with Crippen molar-refractivity contribution in [3.05, 3.63) is 107 Å². The summed E-state index contributed by atoms with van der Waals surface area (Å²) in [7, 11) is 0. The molecule has 0 bridgehead atoms. The summed E-state index contributed by atoms with van der Waals surface area (Å²) in [5, 5.41) is 0. The number of ketones is 1. The molecule has 0 N–H and O–H groups in total. The molecule has 0 saturated carbocycles. The van der Waals surface area contributed by atoms with Gasteiger partial charge in [-0.2, -0.15) is 12.6 Å². The van der Waals surface area contributed by atoms with E-state index < -0.39 is 5.41 Å². The summed E-state index contributed by atoms with van der Waals surface area (Å²) in [6.45, 7) is 0. The van der Waals surface area contributed by atoms with Crippen LogP contribution >= 0.6 is 12.6 Å². The highest BCUT2D eigenvalue weighted by Gasteiger charge is 2.41. The number of carbonyl (C=O) groups excluding carboxylic acids is 1. The Morgan fingerprint density at radius 2 is 1.27 bits per heavy atom. The second-order valence-electron chi connectivity index (χ2n) is 6.96. The first-order chi connectivity index (χ1) is 12.8. The van der Waals surface area contributed by atoms with Gasteiger partial charge in [-0.15, -0.1) is 0 Å². The zero-order valence-corrected chi connectivity index (χ0v) is 15.6. The van der Waals surface area contributed by atoms with Gasteiger partial charge in [-0.25, -0.2) is 0 Å². The molecule has 0 saturated heterocycles. The molecule has 0 aromatic heterocycles. The summed E-state index contributed by atoms with van der Waals surface area (Å²) >= 11 is 4.28. The SMILES string of the molecule is O=C(CS)CC1(c2ccccc2)c2ccccc2CCc2ccccc21. The molecule has 0 amide bonds. The van der Waals surface area contributed by atoms with Crippen molar-refractivity contribution in [1.29, 1.82) is 0 Å². The topological polar surface area (TPSA) is 17.1 Å². The molecule has 0 unspecified atom stereocenters. The summed E-state index contributed by atoms with van der Waals surface area (Å²) in [6.07, 6.45) is 2.43. The van der Waals surface area contributed by atoms with Gasteiger partial charge in [0.2, 0.25) is 0 Å². The molecule has 0 heterocycles. The second-order valence-corrected chi connectivity index (χ2v) is 7.28. The maximum atomic E-state index is 12.7. The van der Waals surface area contributed by atoms with Crippen molar-refractivity contribution in [3.63, 3.8) is 0 Å². The van der Waals surface area contributed by atoms with E-state index in [1.807, 2.05) is 6.07 Å². The maximum absolute atomic E-state index is 12.7. The molecular formula is C24H22OS. The fourth-order valence-electron chi connectivity index (χ4n) is 4.40. The Labute approximate surface area is 160 Å². The summed E-state index contributed by atoms with van der Waals surface area (Å²) in [5.74, 6) is 0.433. The Morgan fingerprint density at radius 3 is 1.81 bits per heavy atom. The molecule has 130 valence electrons. The number of hydrogen-bond acceptors (Lipinski definition) is 2. The molecule has 0 spiro atoms. The Hall–Kier alpha value is -2.32. The molecule has 0 radical (unpaired) electrons. The highest BCUT2D eigenvalue weighted by atomic mass is 32.1. The molecule has 26 heavy (non-hydrogen) atoms. The quantitative estimate of drug-likeness (QED) is 0.649. The van der Waals surface area contributed by atoms with Crippen LogP contribution in [0, 0.1) is 0 Å². The average molecular weight is 359 g/mol. The highest BCUT2D eigenvalue weighted by molar-refractivity contribution is 7.81. The third kappa shape index (κ3) is 2.79. The zero-order valence-electron chi connectivity index (χ0n) is 14.7. The second kappa shape index (κ2) is 7.13. The molecule has 1 aliphatic rings. The first kappa shape index (κ1) is 17.1. The summed E-state index contributed by atoms with van der Waals surface area (Å²) in [6, 6.07) is 27.7. The van der Waals surface area contributed by atoms with Crippen molar-refractivity contribution in [2.45, 2.75) is 24.7 Å². The standard InChI is InChI=1S/C24H22OS/c25-21(17-26)16-24(20-10-2-1-3-11-20)22-12-6-4-8-18(22)14-15-19-9-5-7-13-23(19)24/h1-13,26H,14-17H2. The van der Waals surface area contributed by atoms with Crippen LogP contribution in [0.15, 0.2) is 78.9 Å². The smallest absolute Gasteiger partial charge is 0.144 e.